The predicted molar refractivity (Wildman–Crippen MR) is 79.5 cm³/mol. The van der Waals surface area contributed by atoms with Crippen molar-refractivity contribution in [3.8, 4) is 0 Å². The van der Waals surface area contributed by atoms with Gasteiger partial charge >= 0.3 is 127 Å². The SMILES string of the molecule is Cc1cc(F)c(C(C)Nc2cccc3c2N=[Se]=N3)cc1F. The van der Waals surface area contributed by atoms with Crippen LogP contribution in [-0.4, -0.2) is 14.6 Å². The van der Waals surface area contributed by atoms with Crippen LogP contribution in [0.25, 0.3) is 0 Å². The number of anilines is 1. The van der Waals surface area contributed by atoms with E-state index >= 15 is 0 Å². The summed E-state index contributed by atoms with van der Waals surface area (Å²) < 4.78 is 36.3. The summed E-state index contributed by atoms with van der Waals surface area (Å²) in [7, 11) is 0. The molecule has 1 N–H and O–H groups in total. The van der Waals surface area contributed by atoms with Crippen LogP contribution in [-0.2, 0) is 0 Å². The Morgan fingerprint density at radius 3 is 2.76 bits per heavy atom. The van der Waals surface area contributed by atoms with Gasteiger partial charge in [0.1, 0.15) is 0 Å². The number of aryl methyl sites for hydroxylation is 1. The molecule has 0 saturated heterocycles. The van der Waals surface area contributed by atoms with E-state index in [2.05, 4.69) is 13.2 Å². The molecule has 3 nitrogen and oxygen atoms in total. The number of hydrogen-bond donors (Lipinski definition) is 1. The molecule has 2 aromatic carbocycles. The Morgan fingerprint density at radius 2 is 1.95 bits per heavy atom. The fourth-order valence-corrected chi connectivity index (χ4v) is 3.38. The maximum absolute atomic E-state index is 14.0. The van der Waals surface area contributed by atoms with E-state index in [0.717, 1.165) is 17.1 Å². The number of benzene rings is 2. The van der Waals surface area contributed by atoms with Gasteiger partial charge in [0, 0.05) is 0 Å². The van der Waals surface area contributed by atoms with Crippen molar-refractivity contribution < 1.29 is 8.78 Å². The first-order chi connectivity index (χ1) is 10.1. The van der Waals surface area contributed by atoms with E-state index in [4.69, 9.17) is 0 Å². The van der Waals surface area contributed by atoms with Crippen LogP contribution < -0.4 is 5.32 Å². The number of hydrogen-bond acceptors (Lipinski definition) is 3. The summed E-state index contributed by atoms with van der Waals surface area (Å²) in [4.78, 5) is 0. The number of nitrogens with zero attached hydrogens (tertiary/aromatic N) is 2. The number of fused-ring (bicyclic) bond motifs is 1. The molecule has 3 rings (SSSR count). The fourth-order valence-electron chi connectivity index (χ4n) is 2.23. The van der Waals surface area contributed by atoms with Crippen molar-refractivity contribution in [2.75, 3.05) is 5.32 Å². The Bertz CT molecular complexity index is 783. The minimum atomic E-state index is -0.410. The van der Waals surface area contributed by atoms with Gasteiger partial charge in [0.25, 0.3) is 0 Å². The van der Waals surface area contributed by atoms with Gasteiger partial charge in [-0.05, 0) is 0 Å². The number of nitrogens with one attached hydrogen (secondary N) is 1. The summed E-state index contributed by atoms with van der Waals surface area (Å²) in [6.45, 7) is 3.34. The van der Waals surface area contributed by atoms with Crippen LogP contribution in [0.1, 0.15) is 24.1 Å². The first kappa shape index (κ1) is 14.2. The zero-order valence-corrected chi connectivity index (χ0v) is 13.2. The fraction of sp³-hybridized carbons (Fsp3) is 0.200. The Kier molecular flexibility index (Phi) is 3.74. The molecule has 0 amide bonds. The van der Waals surface area contributed by atoms with Crippen molar-refractivity contribution in [3.05, 3.63) is 53.1 Å². The Morgan fingerprint density at radius 1 is 1.14 bits per heavy atom. The van der Waals surface area contributed by atoms with Crippen LogP contribution in [0.5, 0.6) is 0 Å². The summed E-state index contributed by atoms with van der Waals surface area (Å²) in [6.07, 6.45) is 0. The Hall–Kier alpha value is -1.78. The van der Waals surface area contributed by atoms with Crippen molar-refractivity contribution in [3.63, 3.8) is 0 Å². The third-order valence-corrected chi connectivity index (χ3v) is 4.54. The molecular formula is C15H13F2N3Se. The van der Waals surface area contributed by atoms with E-state index < -0.39 is 11.6 Å². The third kappa shape index (κ3) is 2.69. The molecule has 0 aromatic heterocycles. The van der Waals surface area contributed by atoms with Crippen LogP contribution in [0.2, 0.25) is 0 Å². The molecule has 1 unspecified atom stereocenters. The molecule has 0 aliphatic carbocycles. The van der Waals surface area contributed by atoms with Gasteiger partial charge in [-0.3, -0.25) is 0 Å². The van der Waals surface area contributed by atoms with Crippen molar-refractivity contribution in [1.82, 2.24) is 0 Å². The van der Waals surface area contributed by atoms with Crippen molar-refractivity contribution >= 4 is 31.6 Å². The second kappa shape index (κ2) is 5.54. The standard InChI is InChI=1S/C15H13F2N3Se/c1-8-6-12(17)10(7-11(8)16)9(2)18-13-4-3-5-14-15(13)20-21-19-14/h3-7,9,18H,1-2H3. The van der Waals surface area contributed by atoms with Crippen LogP contribution in [0, 0.1) is 18.6 Å². The second-order valence-corrected chi connectivity index (χ2v) is 6.04. The molecule has 108 valence electrons. The van der Waals surface area contributed by atoms with Crippen LogP contribution >= 0.6 is 0 Å². The van der Waals surface area contributed by atoms with E-state index in [9.17, 15) is 8.78 Å². The van der Waals surface area contributed by atoms with Gasteiger partial charge in [-0.15, -0.1) is 0 Å². The molecule has 0 bridgehead atoms. The molecule has 2 aromatic rings. The zero-order chi connectivity index (χ0) is 15.0. The summed E-state index contributed by atoms with van der Waals surface area (Å²) >= 11 is -0.120. The van der Waals surface area contributed by atoms with Gasteiger partial charge in [-0.2, -0.15) is 0 Å². The van der Waals surface area contributed by atoms with E-state index in [-0.39, 0.29) is 20.6 Å². The molecule has 0 saturated carbocycles. The monoisotopic (exact) mass is 353 g/mol. The van der Waals surface area contributed by atoms with Crippen molar-refractivity contribution in [1.29, 1.82) is 0 Å². The normalized spacial score (nSPS) is 13.7. The summed E-state index contributed by atoms with van der Waals surface area (Å²) in [6, 6.07) is 7.75. The molecule has 21 heavy (non-hydrogen) atoms. The maximum atomic E-state index is 14.0. The first-order valence-electron chi connectivity index (χ1n) is 6.49. The van der Waals surface area contributed by atoms with E-state index in [1.165, 1.54) is 12.1 Å². The van der Waals surface area contributed by atoms with Crippen molar-refractivity contribution in [2.45, 2.75) is 19.9 Å². The molecular weight excluding hydrogens is 339 g/mol. The molecule has 0 radical (unpaired) electrons. The first-order valence-corrected chi connectivity index (χ1v) is 8.03. The average Bonchev–Trinajstić information content (AvgIpc) is 2.92. The van der Waals surface area contributed by atoms with Gasteiger partial charge in [0.2, 0.25) is 0 Å². The van der Waals surface area contributed by atoms with E-state index in [0.29, 0.717) is 11.1 Å². The van der Waals surface area contributed by atoms with Gasteiger partial charge < -0.3 is 0 Å². The molecule has 1 atom stereocenters. The zero-order valence-electron chi connectivity index (χ0n) is 11.5. The van der Waals surface area contributed by atoms with E-state index in [1.807, 2.05) is 18.2 Å². The van der Waals surface area contributed by atoms with Gasteiger partial charge in [0.05, 0.1) is 0 Å². The van der Waals surface area contributed by atoms with Crippen molar-refractivity contribution in [2.24, 2.45) is 7.92 Å². The summed E-state index contributed by atoms with van der Waals surface area (Å²) in [5, 5.41) is 3.20. The topological polar surface area (TPSA) is 36.8 Å². The Labute approximate surface area is 127 Å². The van der Waals surface area contributed by atoms with Crippen LogP contribution in [0.3, 0.4) is 0 Å². The number of halogens is 2. The van der Waals surface area contributed by atoms with Gasteiger partial charge in [-0.25, -0.2) is 0 Å². The number of rotatable bonds is 3. The molecule has 0 spiro atoms. The van der Waals surface area contributed by atoms with Gasteiger partial charge in [-0.1, -0.05) is 0 Å². The minimum absolute atomic E-state index is 0.120. The van der Waals surface area contributed by atoms with Crippen LogP contribution in [0.4, 0.5) is 25.8 Å². The van der Waals surface area contributed by atoms with Crippen LogP contribution in [0.15, 0.2) is 38.3 Å². The van der Waals surface area contributed by atoms with Gasteiger partial charge in [0.15, 0.2) is 0 Å². The molecule has 0 fully saturated rings. The quantitative estimate of drug-likeness (QED) is 0.676. The average molecular weight is 352 g/mol. The molecule has 1 aliphatic rings. The molecule has 1 heterocycles. The van der Waals surface area contributed by atoms with E-state index in [1.54, 1.807) is 13.8 Å². The molecule has 6 heteroatoms. The predicted octanol–water partition coefficient (Wildman–Crippen LogP) is 4.79. The second-order valence-electron chi connectivity index (χ2n) is 4.93. The third-order valence-electron chi connectivity index (χ3n) is 3.40. The summed E-state index contributed by atoms with van der Waals surface area (Å²) in [5.74, 6) is -0.811. The summed E-state index contributed by atoms with van der Waals surface area (Å²) in [5.41, 5.74) is 3.06. The Balaban J connectivity index is 1.91. The molecule has 1 aliphatic heterocycles.